The lowest BCUT2D eigenvalue weighted by atomic mass is 9.78. The molecule has 2 fully saturated rings. The van der Waals surface area contributed by atoms with Gasteiger partial charge in [-0.1, -0.05) is 29.3 Å². The summed E-state index contributed by atoms with van der Waals surface area (Å²) in [6.45, 7) is 1.87. The average molecular weight is 380 g/mol. The molecular weight excluding hydrogens is 365 g/mol. The standard InChI is InChI=1S/C18H15Cl2NO2S/c1-8-17(14-15(22)9-2-3-10(6-9)16(14)23)24-18(21-8)11-4-5-12(19)13(20)7-11/h4-5,7,9-10,14H,2-3,6H2,1H3/t9-,10+,14?. The Morgan fingerprint density at radius 3 is 2.38 bits per heavy atom. The summed E-state index contributed by atoms with van der Waals surface area (Å²) in [5.74, 6) is -0.354. The molecule has 3 atom stereocenters. The van der Waals surface area contributed by atoms with Crippen molar-refractivity contribution in [2.75, 3.05) is 0 Å². The van der Waals surface area contributed by atoms with E-state index in [0.29, 0.717) is 10.0 Å². The van der Waals surface area contributed by atoms with E-state index < -0.39 is 5.92 Å². The van der Waals surface area contributed by atoms with Crippen LogP contribution in [-0.2, 0) is 9.59 Å². The first-order valence-corrected chi connectivity index (χ1v) is 9.53. The number of hydrogen-bond donors (Lipinski definition) is 0. The first-order valence-electron chi connectivity index (χ1n) is 7.96. The lowest BCUT2D eigenvalue weighted by Crippen LogP contribution is -2.34. The van der Waals surface area contributed by atoms with E-state index in [0.717, 1.165) is 40.4 Å². The number of nitrogens with zero attached hydrogens (tertiary/aromatic N) is 1. The number of Topliss-reactive ketones (excluding diaryl/α,β-unsaturated/α-hetero) is 2. The molecule has 0 radical (unpaired) electrons. The molecule has 0 amide bonds. The van der Waals surface area contributed by atoms with Gasteiger partial charge in [0.1, 0.15) is 10.9 Å². The second-order valence-corrected chi connectivity index (χ2v) is 8.39. The molecule has 4 rings (SSSR count). The molecule has 2 aliphatic rings. The van der Waals surface area contributed by atoms with Gasteiger partial charge in [0.15, 0.2) is 11.6 Å². The number of rotatable bonds is 2. The largest absolute Gasteiger partial charge is 0.298 e. The smallest absolute Gasteiger partial charge is 0.151 e. The molecule has 2 bridgehead atoms. The summed E-state index contributed by atoms with van der Waals surface area (Å²) < 4.78 is 0. The van der Waals surface area contributed by atoms with Crippen LogP contribution in [0.4, 0.5) is 0 Å². The van der Waals surface area contributed by atoms with Gasteiger partial charge in [-0.2, -0.15) is 0 Å². The summed E-state index contributed by atoms with van der Waals surface area (Å²) in [6.07, 6.45) is 2.44. The molecule has 1 heterocycles. The van der Waals surface area contributed by atoms with Crippen molar-refractivity contribution in [2.24, 2.45) is 11.8 Å². The molecule has 2 aromatic rings. The number of thiazole rings is 1. The molecule has 0 aliphatic heterocycles. The second kappa shape index (κ2) is 5.94. The predicted octanol–water partition coefficient (Wildman–Crippen LogP) is 5.08. The minimum atomic E-state index is -0.620. The Bertz CT molecular complexity index is 839. The number of fused-ring (bicyclic) bond motifs is 2. The van der Waals surface area contributed by atoms with Crippen molar-refractivity contribution in [2.45, 2.75) is 32.1 Å². The van der Waals surface area contributed by atoms with Crippen molar-refractivity contribution in [1.82, 2.24) is 4.98 Å². The van der Waals surface area contributed by atoms with E-state index in [-0.39, 0.29) is 23.4 Å². The summed E-state index contributed by atoms with van der Waals surface area (Å²) in [4.78, 5) is 30.8. The minimum absolute atomic E-state index is 0.0487. The number of aryl methyl sites for hydroxylation is 1. The van der Waals surface area contributed by atoms with Crippen molar-refractivity contribution >= 4 is 46.1 Å². The zero-order chi connectivity index (χ0) is 17.0. The van der Waals surface area contributed by atoms with Crippen LogP contribution in [0.5, 0.6) is 0 Å². The van der Waals surface area contributed by atoms with Crippen LogP contribution >= 0.6 is 34.5 Å². The molecule has 1 unspecified atom stereocenters. The maximum atomic E-state index is 12.7. The number of halogens is 2. The Kier molecular flexibility index (Phi) is 4.02. The predicted molar refractivity (Wildman–Crippen MR) is 95.9 cm³/mol. The van der Waals surface area contributed by atoms with Gasteiger partial charge in [-0.3, -0.25) is 9.59 Å². The number of ketones is 2. The fourth-order valence-corrected chi connectivity index (χ4v) is 5.27. The number of hydrogen-bond acceptors (Lipinski definition) is 4. The van der Waals surface area contributed by atoms with Gasteiger partial charge < -0.3 is 0 Å². The molecule has 24 heavy (non-hydrogen) atoms. The highest BCUT2D eigenvalue weighted by molar-refractivity contribution is 7.15. The lowest BCUT2D eigenvalue weighted by Gasteiger charge is -2.24. The summed E-state index contributed by atoms with van der Waals surface area (Å²) in [6, 6.07) is 5.34. The summed E-state index contributed by atoms with van der Waals surface area (Å²) in [5, 5.41) is 1.72. The van der Waals surface area contributed by atoms with Crippen molar-refractivity contribution < 1.29 is 9.59 Å². The molecule has 1 aromatic carbocycles. The molecular formula is C18H15Cl2NO2S. The quantitative estimate of drug-likeness (QED) is 0.683. The van der Waals surface area contributed by atoms with Gasteiger partial charge in [-0.05, 0) is 38.3 Å². The summed E-state index contributed by atoms with van der Waals surface area (Å²) >= 11 is 13.5. The zero-order valence-corrected chi connectivity index (χ0v) is 15.3. The van der Waals surface area contributed by atoms with Crippen LogP contribution in [0.25, 0.3) is 10.6 Å². The molecule has 2 aliphatic carbocycles. The van der Waals surface area contributed by atoms with Crippen LogP contribution in [-0.4, -0.2) is 16.6 Å². The Morgan fingerprint density at radius 2 is 1.75 bits per heavy atom. The van der Waals surface area contributed by atoms with Gasteiger partial charge in [-0.15, -0.1) is 11.3 Å². The monoisotopic (exact) mass is 379 g/mol. The Hall–Kier alpha value is -1.23. The van der Waals surface area contributed by atoms with Crippen LogP contribution in [0, 0.1) is 18.8 Å². The molecule has 0 spiro atoms. The van der Waals surface area contributed by atoms with Gasteiger partial charge in [-0.25, -0.2) is 4.98 Å². The van der Waals surface area contributed by atoms with E-state index >= 15 is 0 Å². The van der Waals surface area contributed by atoms with Gasteiger partial charge in [0.05, 0.1) is 15.7 Å². The van der Waals surface area contributed by atoms with Crippen LogP contribution in [0.15, 0.2) is 18.2 Å². The third kappa shape index (κ3) is 2.52. The molecule has 0 N–H and O–H groups in total. The van der Waals surface area contributed by atoms with E-state index in [9.17, 15) is 9.59 Å². The highest BCUT2D eigenvalue weighted by atomic mass is 35.5. The van der Waals surface area contributed by atoms with Crippen LogP contribution in [0.2, 0.25) is 10.0 Å². The molecule has 6 heteroatoms. The lowest BCUT2D eigenvalue weighted by molar-refractivity contribution is -0.135. The Morgan fingerprint density at radius 1 is 1.08 bits per heavy atom. The SMILES string of the molecule is Cc1nc(-c2ccc(Cl)c(Cl)c2)sc1C1C(=O)[C@@H]2CC[C@@H](C2)C1=O. The van der Waals surface area contributed by atoms with E-state index in [1.54, 1.807) is 12.1 Å². The van der Waals surface area contributed by atoms with Crippen molar-refractivity contribution in [1.29, 1.82) is 0 Å². The van der Waals surface area contributed by atoms with Crippen LogP contribution in [0.3, 0.4) is 0 Å². The third-order valence-electron chi connectivity index (χ3n) is 5.07. The molecule has 124 valence electrons. The van der Waals surface area contributed by atoms with Crippen LogP contribution < -0.4 is 0 Å². The Balaban J connectivity index is 1.74. The zero-order valence-electron chi connectivity index (χ0n) is 13.0. The van der Waals surface area contributed by atoms with Crippen LogP contribution in [0.1, 0.15) is 35.8 Å². The first-order chi connectivity index (χ1) is 11.5. The molecule has 1 aromatic heterocycles. The highest BCUT2D eigenvalue weighted by Crippen LogP contribution is 2.46. The molecule has 2 saturated carbocycles. The van der Waals surface area contributed by atoms with Crippen molar-refractivity contribution in [3.63, 3.8) is 0 Å². The number of carbonyl (C=O) groups excluding carboxylic acids is 2. The second-order valence-electron chi connectivity index (χ2n) is 6.54. The number of aromatic nitrogens is 1. The summed E-state index contributed by atoms with van der Waals surface area (Å²) in [7, 11) is 0. The highest BCUT2D eigenvalue weighted by Gasteiger charge is 2.48. The molecule has 0 saturated heterocycles. The van der Waals surface area contributed by atoms with E-state index in [2.05, 4.69) is 4.98 Å². The third-order valence-corrected chi connectivity index (χ3v) is 7.08. The summed E-state index contributed by atoms with van der Waals surface area (Å²) in [5.41, 5.74) is 1.61. The van der Waals surface area contributed by atoms with Crippen molar-refractivity contribution in [3.8, 4) is 10.6 Å². The minimum Gasteiger partial charge on any atom is -0.298 e. The van der Waals surface area contributed by atoms with Gasteiger partial charge in [0.2, 0.25) is 0 Å². The van der Waals surface area contributed by atoms with Gasteiger partial charge >= 0.3 is 0 Å². The molecule has 3 nitrogen and oxygen atoms in total. The topological polar surface area (TPSA) is 47.0 Å². The average Bonchev–Trinajstić information content (AvgIpc) is 3.15. The Labute approximate surface area is 154 Å². The normalized spacial score (nSPS) is 26.2. The fourth-order valence-electron chi connectivity index (χ4n) is 3.80. The van der Waals surface area contributed by atoms with E-state index in [4.69, 9.17) is 23.2 Å². The number of carbonyl (C=O) groups is 2. The van der Waals surface area contributed by atoms with E-state index in [1.807, 2.05) is 13.0 Å². The maximum Gasteiger partial charge on any atom is 0.151 e. The first kappa shape index (κ1) is 16.2. The number of benzene rings is 1. The van der Waals surface area contributed by atoms with E-state index in [1.165, 1.54) is 11.3 Å². The van der Waals surface area contributed by atoms with Gasteiger partial charge in [0.25, 0.3) is 0 Å². The van der Waals surface area contributed by atoms with Gasteiger partial charge in [0, 0.05) is 22.3 Å². The fraction of sp³-hybridized carbons (Fsp3) is 0.389. The maximum absolute atomic E-state index is 12.7. The van der Waals surface area contributed by atoms with Crippen molar-refractivity contribution in [3.05, 3.63) is 38.8 Å².